The lowest BCUT2D eigenvalue weighted by Crippen LogP contribution is -2.56. The van der Waals surface area contributed by atoms with Crippen LogP contribution in [0.25, 0.3) is 5.53 Å². The van der Waals surface area contributed by atoms with Crippen LogP contribution in [-0.2, 0) is 25.7 Å². The zero-order valence-corrected chi connectivity index (χ0v) is 19.4. The molecule has 0 radical (unpaired) electrons. The van der Waals surface area contributed by atoms with Gasteiger partial charge in [-0.2, -0.15) is 4.79 Å². The summed E-state index contributed by atoms with van der Waals surface area (Å²) >= 11 is 0. The Morgan fingerprint density at radius 1 is 1.06 bits per heavy atom. The fourth-order valence-electron chi connectivity index (χ4n) is 2.67. The van der Waals surface area contributed by atoms with Crippen molar-refractivity contribution in [1.29, 1.82) is 0 Å². The van der Waals surface area contributed by atoms with E-state index < -0.39 is 42.5 Å². The zero-order valence-electron chi connectivity index (χ0n) is 19.4. The van der Waals surface area contributed by atoms with Crippen LogP contribution in [0.3, 0.4) is 0 Å². The van der Waals surface area contributed by atoms with Crippen molar-refractivity contribution in [3.63, 3.8) is 0 Å². The highest BCUT2D eigenvalue weighted by atomic mass is 16.5. The number of hydrogen-bond donors (Lipinski definition) is 4. The lowest BCUT2D eigenvalue weighted by molar-refractivity contribution is -0.138. The number of amides is 3. The Morgan fingerprint density at radius 3 is 2.12 bits per heavy atom. The molecule has 1 aromatic rings. The van der Waals surface area contributed by atoms with E-state index in [0.29, 0.717) is 6.42 Å². The third kappa shape index (κ3) is 13.3. The van der Waals surface area contributed by atoms with Gasteiger partial charge in [0.2, 0.25) is 18.5 Å². The van der Waals surface area contributed by atoms with Crippen molar-refractivity contribution in [3.8, 4) is 0 Å². The van der Waals surface area contributed by atoms with E-state index in [4.69, 9.17) is 15.4 Å². The molecule has 2 unspecified atom stereocenters. The topological polar surface area (TPSA) is 170 Å². The van der Waals surface area contributed by atoms with Crippen molar-refractivity contribution in [2.75, 3.05) is 6.54 Å². The van der Waals surface area contributed by atoms with E-state index in [1.54, 1.807) is 13.8 Å². The van der Waals surface area contributed by atoms with E-state index in [0.717, 1.165) is 5.56 Å². The molecule has 1 aromatic carbocycles. The van der Waals surface area contributed by atoms with Gasteiger partial charge in [0.1, 0.15) is 25.2 Å². The van der Waals surface area contributed by atoms with E-state index in [-0.39, 0.29) is 18.4 Å². The van der Waals surface area contributed by atoms with Gasteiger partial charge in [0.05, 0.1) is 0 Å². The van der Waals surface area contributed by atoms with Gasteiger partial charge in [0, 0.05) is 0 Å². The van der Waals surface area contributed by atoms with Gasteiger partial charge in [0.15, 0.2) is 0 Å². The van der Waals surface area contributed by atoms with Gasteiger partial charge in [-0.05, 0) is 23.8 Å². The van der Waals surface area contributed by atoms with Crippen LogP contribution < -0.4 is 16.0 Å². The number of rotatable bonds is 11. The highest BCUT2D eigenvalue weighted by Crippen LogP contribution is 2.09. The Labute approximate surface area is 193 Å². The molecule has 33 heavy (non-hydrogen) atoms. The second kappa shape index (κ2) is 16.0. The highest BCUT2D eigenvalue weighted by Gasteiger charge is 2.29. The number of carbonyl (C=O) groups excluding carboxylic acids is 3. The van der Waals surface area contributed by atoms with E-state index in [2.05, 4.69) is 27.5 Å². The predicted molar refractivity (Wildman–Crippen MR) is 121 cm³/mol. The second-order valence-electron chi connectivity index (χ2n) is 7.87. The van der Waals surface area contributed by atoms with Crippen LogP contribution in [-0.4, -0.2) is 59.1 Å². The first-order valence-electron chi connectivity index (χ1n) is 10.4. The van der Waals surface area contributed by atoms with Crippen molar-refractivity contribution < 1.29 is 33.8 Å². The van der Waals surface area contributed by atoms with Crippen molar-refractivity contribution in [3.05, 3.63) is 41.4 Å². The Hall–Kier alpha value is -3.72. The normalized spacial score (nSPS) is 11.8. The van der Waals surface area contributed by atoms with Crippen molar-refractivity contribution in [2.45, 2.75) is 52.8 Å². The van der Waals surface area contributed by atoms with Crippen LogP contribution >= 0.6 is 0 Å². The number of benzene rings is 1. The molecule has 11 heteroatoms. The molecule has 0 spiro atoms. The van der Waals surface area contributed by atoms with Gasteiger partial charge < -0.3 is 31.3 Å². The largest absolute Gasteiger partial charge is 0.480 e. The monoisotopic (exact) mass is 463 g/mol. The molecule has 0 saturated carbocycles. The average Bonchev–Trinajstić information content (AvgIpc) is 2.74. The Kier molecular flexibility index (Phi) is 14.2. The summed E-state index contributed by atoms with van der Waals surface area (Å²) in [7, 11) is 0. The van der Waals surface area contributed by atoms with Crippen molar-refractivity contribution in [1.82, 2.24) is 16.0 Å². The molecule has 182 valence electrons. The summed E-state index contributed by atoms with van der Waals surface area (Å²) in [5.74, 6) is -2.51. The number of alkyl carbamates (subject to hydrolysis) is 1. The maximum atomic E-state index is 12.8. The van der Waals surface area contributed by atoms with Gasteiger partial charge in [-0.15, -0.1) is 0 Å². The number of ether oxygens (including phenoxy) is 1. The van der Waals surface area contributed by atoms with Crippen molar-refractivity contribution in [2.24, 2.45) is 11.8 Å². The number of nitrogens with zero attached hydrogens (tertiary/aromatic N) is 2. The molecule has 0 saturated heterocycles. The Bertz CT molecular complexity index is 807. The molecule has 0 bridgehead atoms. The molecule has 0 aromatic heterocycles. The molecular weight excluding hydrogens is 430 g/mol. The van der Waals surface area contributed by atoms with Crippen LogP contribution in [0, 0.1) is 11.8 Å². The van der Waals surface area contributed by atoms with Crippen LogP contribution in [0.2, 0.25) is 0 Å². The lowest BCUT2D eigenvalue weighted by atomic mass is 10.00. The standard InChI is InChI=1S/C21H31N3O6.CH2N2/c1-13(2)10-16(23-21(29)30-12-15-8-6-5-7-9-15)19(27)24-18(14(3)4)20(28)22-11-17(25)26;1-3-2/h5-9,13-14,16,18H,10-12H2,1-4H3,(H,22,28)(H,23,29)(H,24,27)(H,25,26);1H2. The molecule has 0 aliphatic carbocycles. The van der Waals surface area contributed by atoms with Crippen LogP contribution in [0.1, 0.15) is 39.7 Å². The first-order chi connectivity index (χ1) is 15.5. The van der Waals surface area contributed by atoms with E-state index in [9.17, 15) is 19.2 Å². The summed E-state index contributed by atoms with van der Waals surface area (Å²) in [4.78, 5) is 50.1. The molecule has 3 amide bonds. The summed E-state index contributed by atoms with van der Waals surface area (Å²) in [5.41, 5.74) is 7.90. The van der Waals surface area contributed by atoms with E-state index >= 15 is 0 Å². The number of hydrogen-bond acceptors (Lipinski definition) is 5. The summed E-state index contributed by atoms with van der Waals surface area (Å²) in [6.07, 6.45) is -0.399. The number of carboxylic acids is 1. The maximum Gasteiger partial charge on any atom is 0.408 e. The van der Waals surface area contributed by atoms with Crippen LogP contribution in [0.4, 0.5) is 4.79 Å². The van der Waals surface area contributed by atoms with Gasteiger partial charge >= 0.3 is 12.1 Å². The van der Waals surface area contributed by atoms with Gasteiger partial charge in [-0.3, -0.25) is 14.4 Å². The second-order valence-corrected chi connectivity index (χ2v) is 7.87. The number of nitrogens with one attached hydrogen (secondary N) is 3. The van der Waals surface area contributed by atoms with Gasteiger partial charge in [0.25, 0.3) is 0 Å². The highest BCUT2D eigenvalue weighted by molar-refractivity contribution is 5.92. The van der Waals surface area contributed by atoms with E-state index in [1.165, 1.54) is 0 Å². The first kappa shape index (κ1) is 29.3. The van der Waals surface area contributed by atoms with Crippen LogP contribution in [0.15, 0.2) is 30.3 Å². The fraction of sp³-hybridized carbons (Fsp3) is 0.500. The van der Waals surface area contributed by atoms with Crippen molar-refractivity contribution >= 4 is 30.6 Å². The molecule has 1 rings (SSSR count). The van der Waals surface area contributed by atoms with E-state index in [1.807, 2.05) is 44.2 Å². The van der Waals surface area contributed by atoms with Crippen LogP contribution in [0.5, 0.6) is 0 Å². The third-order valence-electron chi connectivity index (χ3n) is 4.19. The quantitative estimate of drug-likeness (QED) is 0.220. The SMILES string of the molecule is C=[N+]=[N-].CC(C)CC(NC(=O)OCc1ccccc1)C(=O)NC(C(=O)NCC(=O)O)C(C)C. The number of carboxylic acid groups (broad SMARTS) is 1. The number of aliphatic carboxylic acids is 1. The minimum atomic E-state index is -1.18. The lowest BCUT2D eigenvalue weighted by Gasteiger charge is -2.25. The minimum absolute atomic E-state index is 0.0644. The third-order valence-corrected chi connectivity index (χ3v) is 4.19. The van der Waals surface area contributed by atoms with Gasteiger partial charge in [-0.25, -0.2) is 4.79 Å². The molecule has 2 atom stereocenters. The molecule has 11 nitrogen and oxygen atoms in total. The fourth-order valence-corrected chi connectivity index (χ4v) is 2.67. The zero-order chi connectivity index (χ0) is 25.4. The maximum absolute atomic E-state index is 12.8. The number of carbonyl (C=O) groups is 4. The average molecular weight is 464 g/mol. The summed E-state index contributed by atoms with van der Waals surface area (Å²) < 4.78 is 5.18. The molecule has 0 heterocycles. The van der Waals surface area contributed by atoms with Gasteiger partial charge in [-0.1, -0.05) is 58.0 Å². The molecule has 0 fully saturated rings. The smallest absolute Gasteiger partial charge is 0.408 e. The summed E-state index contributed by atoms with van der Waals surface area (Å²) in [5, 5.41) is 16.1. The Balaban J connectivity index is 0.00000322. The molecular formula is C22H33N5O6. The minimum Gasteiger partial charge on any atom is -0.480 e. The first-order valence-corrected chi connectivity index (χ1v) is 10.4. The summed E-state index contributed by atoms with van der Waals surface area (Å²) in [6, 6.07) is 7.29. The molecule has 0 aliphatic heterocycles. The Morgan fingerprint density at radius 2 is 1.64 bits per heavy atom. The molecule has 4 N–H and O–H groups in total. The molecule has 0 aliphatic rings. The summed E-state index contributed by atoms with van der Waals surface area (Å²) in [6.45, 7) is 9.44. The predicted octanol–water partition coefficient (Wildman–Crippen LogP) is 1.59.